The van der Waals surface area contributed by atoms with Crippen molar-refractivity contribution < 1.29 is 17.9 Å². The number of benzene rings is 1. The molecule has 0 aromatic heterocycles. The van der Waals surface area contributed by atoms with Crippen molar-refractivity contribution >= 4 is 22.4 Å². The molecule has 0 aliphatic carbocycles. The first-order chi connectivity index (χ1) is 9.63. The molecule has 3 N–H and O–H groups in total. The van der Waals surface area contributed by atoms with Crippen LogP contribution in [0.3, 0.4) is 0 Å². The number of nitrogens with one attached hydrogen (secondary N) is 1. The van der Waals surface area contributed by atoms with Gasteiger partial charge in [-0.15, -0.1) is 12.4 Å². The Balaban J connectivity index is 0.00000220. The van der Waals surface area contributed by atoms with Crippen LogP contribution in [0.2, 0.25) is 0 Å². The summed E-state index contributed by atoms with van der Waals surface area (Å²) in [6.07, 6.45) is 2.30. The molecule has 1 aromatic rings. The molecule has 0 radical (unpaired) electrons. The van der Waals surface area contributed by atoms with Crippen molar-refractivity contribution in [1.82, 2.24) is 4.72 Å². The van der Waals surface area contributed by atoms with E-state index in [1.807, 2.05) is 0 Å². The molecular formula is C13H21ClN2O4S. The fourth-order valence-corrected chi connectivity index (χ4v) is 2.96. The molecule has 1 aromatic carbocycles. The third kappa shape index (κ3) is 5.03. The highest BCUT2D eigenvalue weighted by Gasteiger charge is 2.18. The second kappa shape index (κ2) is 8.43. The summed E-state index contributed by atoms with van der Waals surface area (Å²) in [6.45, 7) is 2.05. The number of unbranched alkanes of at least 4 members (excludes halogenated alkanes) is 1. The smallest absolute Gasteiger partial charge is 0.240 e. The van der Waals surface area contributed by atoms with Gasteiger partial charge in [0.25, 0.3) is 0 Å². The summed E-state index contributed by atoms with van der Waals surface area (Å²) in [6, 6.07) is 4.67. The Morgan fingerprint density at radius 2 is 1.86 bits per heavy atom. The molecular weight excluding hydrogens is 316 g/mol. The molecule has 8 heteroatoms. The summed E-state index contributed by atoms with van der Waals surface area (Å²) in [5, 5.41) is 0. The Bertz CT molecular complexity index is 551. The van der Waals surface area contributed by atoms with Gasteiger partial charge in [-0.25, -0.2) is 13.1 Å². The molecule has 1 aliphatic rings. The van der Waals surface area contributed by atoms with Gasteiger partial charge in [-0.2, -0.15) is 0 Å². The van der Waals surface area contributed by atoms with Crippen molar-refractivity contribution in [3.05, 3.63) is 18.2 Å². The normalized spacial score (nSPS) is 14.1. The average molecular weight is 337 g/mol. The Kier molecular flexibility index (Phi) is 7.24. The fourth-order valence-electron chi connectivity index (χ4n) is 1.87. The van der Waals surface area contributed by atoms with Gasteiger partial charge in [-0.1, -0.05) is 0 Å². The third-order valence-electron chi connectivity index (χ3n) is 2.95. The number of halogens is 1. The molecule has 0 amide bonds. The van der Waals surface area contributed by atoms with E-state index in [4.69, 9.17) is 15.2 Å². The Morgan fingerprint density at radius 1 is 1.14 bits per heavy atom. The summed E-state index contributed by atoms with van der Waals surface area (Å²) >= 11 is 0. The van der Waals surface area contributed by atoms with Gasteiger partial charge in [0.05, 0.1) is 18.1 Å². The van der Waals surface area contributed by atoms with Crippen LogP contribution in [0.25, 0.3) is 0 Å². The lowest BCUT2D eigenvalue weighted by Gasteiger charge is -2.10. The van der Waals surface area contributed by atoms with Crippen LogP contribution in [0.1, 0.15) is 19.3 Å². The van der Waals surface area contributed by atoms with E-state index in [0.717, 1.165) is 19.3 Å². The Hall–Kier alpha value is -1.02. The monoisotopic (exact) mass is 336 g/mol. The Morgan fingerprint density at radius 3 is 2.57 bits per heavy atom. The predicted octanol–water partition coefficient (Wildman–Crippen LogP) is 1.29. The quantitative estimate of drug-likeness (QED) is 0.764. The van der Waals surface area contributed by atoms with Gasteiger partial charge in [0.15, 0.2) is 11.5 Å². The average Bonchev–Trinajstić information content (AvgIpc) is 2.68. The van der Waals surface area contributed by atoms with E-state index in [-0.39, 0.29) is 17.3 Å². The van der Waals surface area contributed by atoms with Gasteiger partial charge in [-0.05, 0) is 31.5 Å². The summed E-state index contributed by atoms with van der Waals surface area (Å²) in [5.41, 5.74) is 5.37. The number of fused-ring (bicyclic) bond motifs is 1. The highest BCUT2D eigenvalue weighted by atomic mass is 35.5. The molecule has 0 unspecified atom stereocenters. The topological polar surface area (TPSA) is 90.7 Å². The Labute approximate surface area is 131 Å². The summed E-state index contributed by atoms with van der Waals surface area (Å²) in [5.74, 6) is 1.07. The number of nitrogens with two attached hydrogens (primary N) is 1. The van der Waals surface area contributed by atoms with Gasteiger partial charge in [-0.3, -0.25) is 0 Å². The van der Waals surface area contributed by atoms with Crippen molar-refractivity contribution in [2.24, 2.45) is 5.73 Å². The molecule has 1 aliphatic heterocycles. The van der Waals surface area contributed by atoms with E-state index in [1.165, 1.54) is 12.1 Å². The first-order valence-corrected chi connectivity index (χ1v) is 8.21. The lowest BCUT2D eigenvalue weighted by Crippen LogP contribution is -2.25. The molecule has 2 rings (SSSR count). The van der Waals surface area contributed by atoms with Crippen LogP contribution < -0.4 is 19.9 Å². The SMILES string of the molecule is Cl.NCCCCNS(=O)(=O)c1ccc2c(c1)OCCCO2. The van der Waals surface area contributed by atoms with Gasteiger partial charge >= 0.3 is 0 Å². The van der Waals surface area contributed by atoms with Crippen molar-refractivity contribution in [3.63, 3.8) is 0 Å². The van der Waals surface area contributed by atoms with Crippen molar-refractivity contribution in [3.8, 4) is 11.5 Å². The molecule has 120 valence electrons. The molecule has 0 spiro atoms. The number of hydrogen-bond acceptors (Lipinski definition) is 5. The van der Waals surface area contributed by atoms with E-state index in [2.05, 4.69) is 4.72 Å². The van der Waals surface area contributed by atoms with E-state index in [1.54, 1.807) is 6.07 Å². The highest BCUT2D eigenvalue weighted by molar-refractivity contribution is 7.89. The van der Waals surface area contributed by atoms with Gasteiger partial charge in [0, 0.05) is 19.0 Å². The number of ether oxygens (including phenoxy) is 2. The summed E-state index contributed by atoms with van der Waals surface area (Å²) in [4.78, 5) is 0.189. The maximum atomic E-state index is 12.1. The minimum Gasteiger partial charge on any atom is -0.490 e. The number of sulfonamides is 1. The predicted molar refractivity (Wildman–Crippen MR) is 82.8 cm³/mol. The maximum absolute atomic E-state index is 12.1. The molecule has 0 saturated heterocycles. The first-order valence-electron chi connectivity index (χ1n) is 6.73. The number of rotatable bonds is 6. The molecule has 0 atom stereocenters. The van der Waals surface area contributed by atoms with Crippen molar-refractivity contribution in [1.29, 1.82) is 0 Å². The molecule has 0 bridgehead atoms. The van der Waals surface area contributed by atoms with Crippen molar-refractivity contribution in [2.75, 3.05) is 26.3 Å². The third-order valence-corrected chi connectivity index (χ3v) is 4.41. The first kappa shape index (κ1) is 18.0. The van der Waals surface area contributed by atoms with Gasteiger partial charge < -0.3 is 15.2 Å². The molecule has 1 heterocycles. The van der Waals surface area contributed by atoms with Crippen LogP contribution >= 0.6 is 12.4 Å². The second-order valence-electron chi connectivity index (χ2n) is 4.55. The fraction of sp³-hybridized carbons (Fsp3) is 0.538. The van der Waals surface area contributed by atoms with Crippen LogP contribution in [-0.4, -0.2) is 34.7 Å². The lowest BCUT2D eigenvalue weighted by atomic mass is 10.3. The number of hydrogen-bond donors (Lipinski definition) is 2. The zero-order valence-electron chi connectivity index (χ0n) is 11.7. The zero-order valence-corrected chi connectivity index (χ0v) is 13.3. The largest absolute Gasteiger partial charge is 0.490 e. The second-order valence-corrected chi connectivity index (χ2v) is 6.32. The maximum Gasteiger partial charge on any atom is 0.240 e. The van der Waals surface area contributed by atoms with Crippen molar-refractivity contribution in [2.45, 2.75) is 24.2 Å². The van der Waals surface area contributed by atoms with E-state index >= 15 is 0 Å². The lowest BCUT2D eigenvalue weighted by molar-refractivity contribution is 0.297. The summed E-state index contributed by atoms with van der Waals surface area (Å²) in [7, 11) is -3.51. The minimum absolute atomic E-state index is 0. The van der Waals surface area contributed by atoms with Crippen LogP contribution in [0.5, 0.6) is 11.5 Å². The minimum atomic E-state index is -3.51. The summed E-state index contributed by atoms with van der Waals surface area (Å²) < 4.78 is 37.8. The van der Waals surface area contributed by atoms with Crippen LogP contribution in [0.4, 0.5) is 0 Å². The van der Waals surface area contributed by atoms with Crippen LogP contribution in [-0.2, 0) is 10.0 Å². The van der Waals surface area contributed by atoms with Crippen LogP contribution in [0, 0.1) is 0 Å². The van der Waals surface area contributed by atoms with E-state index in [9.17, 15) is 8.42 Å². The molecule has 6 nitrogen and oxygen atoms in total. The molecule has 0 saturated carbocycles. The van der Waals surface area contributed by atoms with E-state index in [0.29, 0.717) is 37.8 Å². The molecule has 21 heavy (non-hydrogen) atoms. The van der Waals surface area contributed by atoms with Crippen LogP contribution in [0.15, 0.2) is 23.1 Å². The van der Waals surface area contributed by atoms with Gasteiger partial charge in [0.2, 0.25) is 10.0 Å². The standard InChI is InChI=1S/C13H20N2O4S.ClH/c14-6-1-2-7-15-20(16,17)11-4-5-12-13(10-11)19-9-3-8-18-12;/h4-5,10,15H,1-3,6-9,14H2;1H. The highest BCUT2D eigenvalue weighted by Crippen LogP contribution is 2.31. The van der Waals surface area contributed by atoms with Gasteiger partial charge in [0.1, 0.15) is 0 Å². The molecule has 0 fully saturated rings. The zero-order chi connectivity index (χ0) is 14.4. The van der Waals surface area contributed by atoms with E-state index < -0.39 is 10.0 Å².